The minimum atomic E-state index is -0.669. The molecule has 178 valence electrons. The van der Waals surface area contributed by atoms with Gasteiger partial charge in [0.15, 0.2) is 6.61 Å². The largest absolute Gasteiger partial charge is 0.454 e. The van der Waals surface area contributed by atoms with Crippen LogP contribution in [0.25, 0.3) is 16.6 Å². The average molecular weight is 474 g/mol. The lowest BCUT2D eigenvalue weighted by molar-refractivity contribution is 0.0474. The summed E-state index contributed by atoms with van der Waals surface area (Å²) in [7, 11) is 0. The maximum atomic E-state index is 14.1. The second kappa shape index (κ2) is 8.61. The van der Waals surface area contributed by atoms with Gasteiger partial charge in [-0.05, 0) is 69.2 Å². The number of rotatable bonds is 5. The van der Waals surface area contributed by atoms with Gasteiger partial charge in [0.05, 0.1) is 16.5 Å². The van der Waals surface area contributed by atoms with Crippen LogP contribution < -0.4 is 5.56 Å². The van der Waals surface area contributed by atoms with Crippen LogP contribution in [-0.4, -0.2) is 32.5 Å². The van der Waals surface area contributed by atoms with Crippen LogP contribution in [0.15, 0.2) is 47.3 Å². The molecule has 0 bridgehead atoms. The van der Waals surface area contributed by atoms with E-state index in [1.165, 1.54) is 18.2 Å². The Morgan fingerprint density at radius 2 is 1.89 bits per heavy atom. The zero-order chi connectivity index (χ0) is 24.9. The van der Waals surface area contributed by atoms with Gasteiger partial charge in [0.1, 0.15) is 11.6 Å². The van der Waals surface area contributed by atoms with Gasteiger partial charge in [-0.25, -0.2) is 14.2 Å². The summed E-state index contributed by atoms with van der Waals surface area (Å²) < 4.78 is 22.8. The first-order valence-corrected chi connectivity index (χ1v) is 11.4. The van der Waals surface area contributed by atoms with E-state index in [0.717, 1.165) is 18.5 Å². The molecule has 8 heteroatoms. The van der Waals surface area contributed by atoms with Crippen LogP contribution in [0.4, 0.5) is 4.39 Å². The highest BCUT2D eigenvalue weighted by molar-refractivity contribution is 6.01. The Kier molecular flexibility index (Phi) is 5.59. The molecule has 0 N–H and O–H groups in total. The van der Waals surface area contributed by atoms with Crippen LogP contribution >= 0.6 is 0 Å². The van der Waals surface area contributed by atoms with Crippen LogP contribution in [0.2, 0.25) is 0 Å². The smallest absolute Gasteiger partial charge is 0.338 e. The van der Waals surface area contributed by atoms with Crippen molar-refractivity contribution in [2.45, 2.75) is 40.2 Å². The molecule has 35 heavy (non-hydrogen) atoms. The van der Waals surface area contributed by atoms with E-state index in [9.17, 15) is 18.8 Å². The quantitative estimate of drug-likeness (QED) is 0.320. The van der Waals surface area contributed by atoms with E-state index in [2.05, 4.69) is 4.98 Å². The van der Waals surface area contributed by atoms with Gasteiger partial charge in [-0.3, -0.25) is 14.2 Å². The van der Waals surface area contributed by atoms with Crippen LogP contribution in [0.3, 0.4) is 0 Å². The van der Waals surface area contributed by atoms with Gasteiger partial charge >= 0.3 is 5.97 Å². The second-order valence-corrected chi connectivity index (χ2v) is 8.87. The number of esters is 1. The number of Topliss-reactive ketones (excluding diaryl/α,β-unsaturated/α-hetero) is 1. The number of benzene rings is 2. The van der Waals surface area contributed by atoms with Crippen LogP contribution in [0.5, 0.6) is 0 Å². The van der Waals surface area contributed by atoms with Gasteiger partial charge in [-0.15, -0.1) is 0 Å². The summed E-state index contributed by atoms with van der Waals surface area (Å²) in [5.41, 5.74) is 3.51. The fourth-order valence-corrected chi connectivity index (χ4v) is 4.67. The van der Waals surface area contributed by atoms with Gasteiger partial charge in [0, 0.05) is 35.6 Å². The molecule has 0 unspecified atom stereocenters. The fraction of sp³-hybridized carbons (Fsp3) is 0.259. The maximum absolute atomic E-state index is 14.1. The van der Waals surface area contributed by atoms with E-state index in [-0.39, 0.29) is 22.7 Å². The summed E-state index contributed by atoms with van der Waals surface area (Å²) in [5.74, 6) is -0.640. The van der Waals surface area contributed by atoms with Gasteiger partial charge in [0.25, 0.3) is 5.56 Å². The predicted molar refractivity (Wildman–Crippen MR) is 129 cm³/mol. The Bertz CT molecular complexity index is 1580. The number of halogens is 1. The molecular weight excluding hydrogens is 449 g/mol. The van der Waals surface area contributed by atoms with E-state index in [0.29, 0.717) is 45.8 Å². The van der Waals surface area contributed by atoms with Crippen molar-refractivity contribution in [1.82, 2.24) is 14.1 Å². The topological polar surface area (TPSA) is 83.2 Å². The molecule has 1 aliphatic rings. The molecule has 0 spiro atoms. The molecule has 2 aromatic heterocycles. The third-order valence-corrected chi connectivity index (χ3v) is 6.53. The summed E-state index contributed by atoms with van der Waals surface area (Å²) in [6.45, 7) is 5.50. The number of aromatic nitrogens is 3. The molecule has 3 heterocycles. The molecule has 2 aromatic carbocycles. The minimum Gasteiger partial charge on any atom is -0.454 e. The normalized spacial score (nSPS) is 12.7. The zero-order valence-corrected chi connectivity index (χ0v) is 19.7. The number of hydrogen-bond donors (Lipinski definition) is 0. The molecular formula is C27H24FN3O4. The van der Waals surface area contributed by atoms with Crippen molar-refractivity contribution in [1.29, 1.82) is 0 Å². The first kappa shape index (κ1) is 22.7. The summed E-state index contributed by atoms with van der Waals surface area (Å²) in [6, 6.07) is 11.2. The first-order chi connectivity index (χ1) is 16.7. The molecule has 0 aliphatic carbocycles. The van der Waals surface area contributed by atoms with Crippen molar-refractivity contribution in [3.63, 3.8) is 0 Å². The molecule has 5 rings (SSSR count). The number of aryl methyl sites for hydroxylation is 3. The highest BCUT2D eigenvalue weighted by Gasteiger charge is 2.21. The molecule has 0 fully saturated rings. The monoisotopic (exact) mass is 473 g/mol. The Hall–Kier alpha value is -4.07. The number of carbonyl (C=O) groups is 2. The van der Waals surface area contributed by atoms with Crippen LogP contribution in [0, 0.1) is 26.6 Å². The SMILES string of the molecule is Cc1ccc(-n2c(C)cc(C(=O)COC(=O)c3ccc4c(=O)n5c(nc4c3)CCC5)c2C)cc1F. The van der Waals surface area contributed by atoms with Crippen molar-refractivity contribution in [3.8, 4) is 5.69 Å². The second-order valence-electron chi connectivity index (χ2n) is 8.87. The maximum Gasteiger partial charge on any atom is 0.338 e. The van der Waals surface area contributed by atoms with Crippen molar-refractivity contribution in [2.75, 3.05) is 6.61 Å². The van der Waals surface area contributed by atoms with Gasteiger partial charge < -0.3 is 9.30 Å². The lowest BCUT2D eigenvalue weighted by atomic mass is 10.1. The first-order valence-electron chi connectivity index (χ1n) is 11.4. The zero-order valence-electron chi connectivity index (χ0n) is 19.7. The van der Waals surface area contributed by atoms with Gasteiger partial charge in [0.2, 0.25) is 5.78 Å². The summed E-state index contributed by atoms with van der Waals surface area (Å²) in [5, 5.41) is 0.447. The van der Waals surface area contributed by atoms with Crippen molar-refractivity contribution >= 4 is 22.7 Å². The van der Waals surface area contributed by atoms with Crippen LogP contribution in [0.1, 0.15) is 49.9 Å². The van der Waals surface area contributed by atoms with Crippen molar-refractivity contribution in [2.24, 2.45) is 0 Å². The molecule has 0 amide bonds. The van der Waals surface area contributed by atoms with Crippen LogP contribution in [-0.2, 0) is 17.7 Å². The average Bonchev–Trinajstić information content (AvgIpc) is 3.43. The molecule has 0 saturated carbocycles. The number of hydrogen-bond acceptors (Lipinski definition) is 5. The molecule has 0 atom stereocenters. The highest BCUT2D eigenvalue weighted by Crippen LogP contribution is 2.23. The number of ether oxygens (including phenoxy) is 1. The molecule has 4 aromatic rings. The van der Waals surface area contributed by atoms with Crippen molar-refractivity contribution in [3.05, 3.63) is 92.5 Å². The van der Waals surface area contributed by atoms with E-state index < -0.39 is 12.6 Å². The standard InChI is InChI=1S/C27H24FN3O4/c1-15-6-8-19(13-22(15)28)31-16(2)11-21(17(31)3)24(32)14-35-27(34)18-7-9-20-23(12-18)29-25-5-4-10-30(25)26(20)33/h6-9,11-13H,4-5,10,14H2,1-3H3. The number of ketones is 1. The number of carbonyl (C=O) groups excluding carboxylic acids is 2. The molecule has 1 aliphatic heterocycles. The summed E-state index contributed by atoms with van der Waals surface area (Å²) >= 11 is 0. The Morgan fingerprint density at radius 1 is 1.09 bits per heavy atom. The van der Waals surface area contributed by atoms with E-state index in [1.807, 2.05) is 6.92 Å². The Morgan fingerprint density at radius 3 is 2.66 bits per heavy atom. The fourth-order valence-electron chi connectivity index (χ4n) is 4.67. The Balaban J connectivity index is 1.35. The van der Waals surface area contributed by atoms with E-state index in [4.69, 9.17) is 4.74 Å². The molecule has 7 nitrogen and oxygen atoms in total. The van der Waals surface area contributed by atoms with Gasteiger partial charge in [-0.1, -0.05) is 6.07 Å². The lowest BCUT2D eigenvalue weighted by Gasteiger charge is -2.11. The highest BCUT2D eigenvalue weighted by atomic mass is 19.1. The predicted octanol–water partition coefficient (Wildman–Crippen LogP) is 4.24. The number of fused-ring (bicyclic) bond motifs is 2. The third-order valence-electron chi connectivity index (χ3n) is 6.53. The van der Waals surface area contributed by atoms with E-state index in [1.54, 1.807) is 47.2 Å². The van der Waals surface area contributed by atoms with E-state index >= 15 is 0 Å². The van der Waals surface area contributed by atoms with Gasteiger partial charge in [-0.2, -0.15) is 0 Å². The molecule has 0 saturated heterocycles. The summed E-state index contributed by atoms with van der Waals surface area (Å²) in [4.78, 5) is 42.7. The number of nitrogens with zero attached hydrogens (tertiary/aromatic N) is 3. The molecule has 0 radical (unpaired) electrons. The summed E-state index contributed by atoms with van der Waals surface area (Å²) in [6.07, 6.45) is 1.59. The lowest BCUT2D eigenvalue weighted by Crippen LogP contribution is -2.21. The van der Waals surface area contributed by atoms with Crippen molar-refractivity contribution < 1.29 is 18.7 Å². The minimum absolute atomic E-state index is 0.110. The Labute approximate surface area is 200 Å². The third kappa shape index (κ3) is 3.95.